The van der Waals surface area contributed by atoms with Crippen LogP contribution in [0.3, 0.4) is 0 Å². The molecular formula is C17H15FN2O2. The first-order valence-corrected chi connectivity index (χ1v) is 6.91. The number of aromatic nitrogens is 1. The number of halogens is 1. The van der Waals surface area contributed by atoms with Crippen LogP contribution in [-0.2, 0) is 17.8 Å². The van der Waals surface area contributed by atoms with Crippen LogP contribution in [0.1, 0.15) is 11.1 Å². The highest BCUT2D eigenvalue weighted by molar-refractivity contribution is 5.95. The molecule has 3 aromatic rings. The number of fused-ring (bicyclic) bond motifs is 1. The van der Waals surface area contributed by atoms with Crippen LogP contribution in [0, 0.1) is 5.82 Å². The highest BCUT2D eigenvalue weighted by atomic mass is 19.1. The molecule has 0 atom stereocenters. The minimum Gasteiger partial charge on any atom is -0.392 e. The zero-order valence-corrected chi connectivity index (χ0v) is 11.8. The minimum atomic E-state index is -0.329. The minimum absolute atomic E-state index is 0.0779. The molecule has 4 nitrogen and oxygen atoms in total. The number of anilines is 1. The van der Waals surface area contributed by atoms with Crippen molar-refractivity contribution in [3.05, 3.63) is 65.6 Å². The first-order chi connectivity index (χ1) is 10.7. The molecule has 3 rings (SSSR count). The van der Waals surface area contributed by atoms with E-state index in [2.05, 4.69) is 10.3 Å². The van der Waals surface area contributed by atoms with E-state index in [1.54, 1.807) is 36.5 Å². The van der Waals surface area contributed by atoms with Crippen LogP contribution in [0.2, 0.25) is 0 Å². The maximum atomic E-state index is 13.3. The van der Waals surface area contributed by atoms with Crippen LogP contribution in [0.25, 0.3) is 10.9 Å². The fourth-order valence-electron chi connectivity index (χ4n) is 2.42. The summed E-state index contributed by atoms with van der Waals surface area (Å²) in [7, 11) is 0. The molecule has 0 fully saturated rings. The smallest absolute Gasteiger partial charge is 0.228 e. The molecule has 1 heterocycles. The third kappa shape index (κ3) is 2.99. The molecule has 112 valence electrons. The average molecular weight is 298 g/mol. The summed E-state index contributed by atoms with van der Waals surface area (Å²) in [6, 6.07) is 11.5. The standard InChI is InChI=1S/C17H15FN2O2/c18-13-4-5-16-15(8-13)12(9-19-16)7-17(22)20-14-3-1-2-11(6-14)10-21/h1-6,8-9,19,21H,7,10H2,(H,20,22). The van der Waals surface area contributed by atoms with Gasteiger partial charge in [-0.2, -0.15) is 0 Å². The Labute approximate surface area is 126 Å². The van der Waals surface area contributed by atoms with Gasteiger partial charge in [-0.15, -0.1) is 0 Å². The largest absolute Gasteiger partial charge is 0.392 e. The lowest BCUT2D eigenvalue weighted by Crippen LogP contribution is -2.14. The number of H-pyrrole nitrogens is 1. The van der Waals surface area contributed by atoms with E-state index in [0.717, 1.165) is 16.6 Å². The van der Waals surface area contributed by atoms with Gasteiger partial charge in [0.2, 0.25) is 5.91 Å². The Bertz CT molecular complexity index is 826. The summed E-state index contributed by atoms with van der Waals surface area (Å²) in [4.78, 5) is 15.1. The lowest BCUT2D eigenvalue weighted by Gasteiger charge is -2.06. The summed E-state index contributed by atoms with van der Waals surface area (Å²) >= 11 is 0. The molecule has 0 aliphatic carbocycles. The predicted molar refractivity (Wildman–Crippen MR) is 83.0 cm³/mol. The third-order valence-electron chi connectivity index (χ3n) is 3.47. The van der Waals surface area contributed by atoms with Gasteiger partial charge in [0.25, 0.3) is 0 Å². The second kappa shape index (κ2) is 5.99. The highest BCUT2D eigenvalue weighted by Crippen LogP contribution is 2.20. The van der Waals surface area contributed by atoms with E-state index >= 15 is 0 Å². The lowest BCUT2D eigenvalue weighted by molar-refractivity contribution is -0.115. The summed E-state index contributed by atoms with van der Waals surface area (Å²) in [6.45, 7) is -0.0779. The third-order valence-corrected chi connectivity index (χ3v) is 3.47. The Hall–Kier alpha value is -2.66. The van der Waals surface area contributed by atoms with E-state index in [-0.39, 0.29) is 24.8 Å². The molecule has 0 unspecified atom stereocenters. The van der Waals surface area contributed by atoms with Gasteiger partial charge in [0.1, 0.15) is 5.82 Å². The highest BCUT2D eigenvalue weighted by Gasteiger charge is 2.10. The van der Waals surface area contributed by atoms with Crippen LogP contribution < -0.4 is 5.32 Å². The summed E-state index contributed by atoms with van der Waals surface area (Å²) in [5.41, 5.74) is 2.89. The number of carbonyl (C=O) groups is 1. The van der Waals surface area contributed by atoms with Gasteiger partial charge in [0.05, 0.1) is 13.0 Å². The number of benzene rings is 2. The van der Waals surface area contributed by atoms with E-state index in [4.69, 9.17) is 5.11 Å². The van der Waals surface area contributed by atoms with Crippen molar-refractivity contribution in [2.45, 2.75) is 13.0 Å². The average Bonchev–Trinajstić information content (AvgIpc) is 2.89. The quantitative estimate of drug-likeness (QED) is 0.693. The fraction of sp³-hybridized carbons (Fsp3) is 0.118. The van der Waals surface area contributed by atoms with E-state index in [1.807, 2.05) is 0 Å². The summed E-state index contributed by atoms with van der Waals surface area (Å²) in [5, 5.41) is 12.6. The van der Waals surface area contributed by atoms with Gasteiger partial charge in [-0.3, -0.25) is 4.79 Å². The Morgan fingerprint density at radius 3 is 2.91 bits per heavy atom. The van der Waals surface area contributed by atoms with Gasteiger partial charge in [-0.05, 0) is 41.5 Å². The molecule has 0 spiro atoms. The van der Waals surface area contributed by atoms with Crippen LogP contribution >= 0.6 is 0 Å². The monoisotopic (exact) mass is 298 g/mol. The Morgan fingerprint density at radius 1 is 1.23 bits per heavy atom. The van der Waals surface area contributed by atoms with Crippen LogP contribution in [-0.4, -0.2) is 16.0 Å². The molecule has 1 aromatic heterocycles. The molecule has 2 aromatic carbocycles. The van der Waals surface area contributed by atoms with Gasteiger partial charge >= 0.3 is 0 Å². The number of rotatable bonds is 4. The second-order valence-corrected chi connectivity index (χ2v) is 5.09. The number of hydrogen-bond acceptors (Lipinski definition) is 2. The van der Waals surface area contributed by atoms with Crippen molar-refractivity contribution in [3.63, 3.8) is 0 Å². The Morgan fingerprint density at radius 2 is 2.09 bits per heavy atom. The Balaban J connectivity index is 1.76. The van der Waals surface area contributed by atoms with Crippen molar-refractivity contribution < 1.29 is 14.3 Å². The van der Waals surface area contributed by atoms with E-state index in [1.165, 1.54) is 12.1 Å². The summed E-state index contributed by atoms with van der Waals surface area (Å²) in [6.07, 6.45) is 1.86. The maximum absolute atomic E-state index is 13.3. The predicted octanol–water partition coefficient (Wildman–Crippen LogP) is 2.98. The number of amides is 1. The molecule has 0 bridgehead atoms. The number of hydrogen-bond donors (Lipinski definition) is 3. The molecular weight excluding hydrogens is 283 g/mol. The number of nitrogens with one attached hydrogen (secondary N) is 2. The normalized spacial score (nSPS) is 10.8. The second-order valence-electron chi connectivity index (χ2n) is 5.09. The van der Waals surface area contributed by atoms with E-state index < -0.39 is 0 Å². The van der Waals surface area contributed by atoms with E-state index in [0.29, 0.717) is 11.1 Å². The molecule has 3 N–H and O–H groups in total. The van der Waals surface area contributed by atoms with Gasteiger partial charge in [0, 0.05) is 22.8 Å². The summed E-state index contributed by atoms with van der Waals surface area (Å²) < 4.78 is 13.3. The van der Waals surface area contributed by atoms with Gasteiger partial charge in [0.15, 0.2) is 0 Å². The van der Waals surface area contributed by atoms with Crippen molar-refractivity contribution in [3.8, 4) is 0 Å². The zero-order valence-electron chi connectivity index (χ0n) is 11.8. The SMILES string of the molecule is O=C(Cc1c[nH]c2ccc(F)cc12)Nc1cccc(CO)c1. The molecule has 22 heavy (non-hydrogen) atoms. The number of aliphatic hydroxyl groups is 1. The van der Waals surface area contributed by atoms with Gasteiger partial charge in [-0.25, -0.2) is 4.39 Å². The zero-order chi connectivity index (χ0) is 15.5. The van der Waals surface area contributed by atoms with Gasteiger partial charge in [-0.1, -0.05) is 12.1 Å². The fourth-order valence-corrected chi connectivity index (χ4v) is 2.42. The summed E-state index contributed by atoms with van der Waals surface area (Å²) in [5.74, 6) is -0.523. The molecule has 0 saturated carbocycles. The number of aliphatic hydroxyl groups excluding tert-OH is 1. The molecule has 1 amide bonds. The maximum Gasteiger partial charge on any atom is 0.228 e. The van der Waals surface area contributed by atoms with E-state index in [9.17, 15) is 9.18 Å². The molecule has 0 saturated heterocycles. The lowest BCUT2D eigenvalue weighted by atomic mass is 10.1. The first kappa shape index (κ1) is 14.3. The molecule has 0 radical (unpaired) electrons. The van der Waals surface area contributed by atoms with Crippen molar-refractivity contribution in [1.29, 1.82) is 0 Å². The topological polar surface area (TPSA) is 65.1 Å². The van der Waals surface area contributed by atoms with Crippen molar-refractivity contribution >= 4 is 22.5 Å². The van der Waals surface area contributed by atoms with Crippen LogP contribution in [0.4, 0.5) is 10.1 Å². The van der Waals surface area contributed by atoms with Crippen molar-refractivity contribution in [2.24, 2.45) is 0 Å². The van der Waals surface area contributed by atoms with Crippen molar-refractivity contribution in [1.82, 2.24) is 4.98 Å². The van der Waals surface area contributed by atoms with Crippen molar-refractivity contribution in [2.75, 3.05) is 5.32 Å². The number of aromatic amines is 1. The van der Waals surface area contributed by atoms with Crippen LogP contribution in [0.15, 0.2) is 48.7 Å². The molecule has 0 aliphatic heterocycles. The first-order valence-electron chi connectivity index (χ1n) is 6.91. The Kier molecular flexibility index (Phi) is 3.89. The van der Waals surface area contributed by atoms with Crippen LogP contribution in [0.5, 0.6) is 0 Å². The molecule has 5 heteroatoms. The van der Waals surface area contributed by atoms with Gasteiger partial charge < -0.3 is 15.4 Å². The molecule has 0 aliphatic rings. The number of carbonyl (C=O) groups excluding carboxylic acids is 1.